The molecule has 0 spiro atoms. The summed E-state index contributed by atoms with van der Waals surface area (Å²) in [5, 5.41) is 0. The van der Waals surface area contributed by atoms with Gasteiger partial charge in [-0.25, -0.2) is 0 Å². The minimum Gasteiger partial charge on any atom is -0.368 e. The van der Waals surface area contributed by atoms with E-state index < -0.39 is 0 Å². The van der Waals surface area contributed by atoms with Gasteiger partial charge in [-0.15, -0.1) is 0 Å². The molecule has 4 nitrogen and oxygen atoms in total. The van der Waals surface area contributed by atoms with Gasteiger partial charge in [0.1, 0.15) is 0 Å². The van der Waals surface area contributed by atoms with Crippen LogP contribution in [0.25, 0.3) is 0 Å². The monoisotopic (exact) mass is 426 g/mol. The van der Waals surface area contributed by atoms with Crippen LogP contribution in [0, 0.1) is 0 Å². The summed E-state index contributed by atoms with van der Waals surface area (Å²) in [5.41, 5.74) is 2.66. The summed E-state index contributed by atoms with van der Waals surface area (Å²) in [4.78, 5) is 28.9. The Kier molecular flexibility index (Phi) is 4.81. The zero-order valence-electron chi connectivity index (χ0n) is 15.5. The van der Waals surface area contributed by atoms with Crippen molar-refractivity contribution in [2.45, 2.75) is 25.2 Å². The number of nitrogens with zero attached hydrogens (tertiary/aromatic N) is 2. The first-order valence-corrected chi connectivity index (χ1v) is 10.2. The van der Waals surface area contributed by atoms with Crippen LogP contribution in [0.5, 0.6) is 0 Å². The maximum absolute atomic E-state index is 13.2. The van der Waals surface area contributed by atoms with Gasteiger partial charge in [-0.05, 0) is 61.7 Å². The van der Waals surface area contributed by atoms with Gasteiger partial charge in [0.25, 0.3) is 0 Å². The third-order valence-corrected chi connectivity index (χ3v) is 6.24. The van der Waals surface area contributed by atoms with E-state index in [9.17, 15) is 9.59 Å². The van der Waals surface area contributed by atoms with Crippen LogP contribution < -0.4 is 4.90 Å². The van der Waals surface area contributed by atoms with Crippen molar-refractivity contribution in [3.8, 4) is 0 Å². The van der Waals surface area contributed by atoms with Crippen molar-refractivity contribution in [2.24, 2.45) is 0 Å². The molecule has 0 N–H and O–H groups in total. The molecule has 140 valence electrons. The summed E-state index contributed by atoms with van der Waals surface area (Å²) < 4.78 is 1.03. The molecule has 2 aromatic carbocycles. The fraction of sp³-hybridized carbons (Fsp3) is 0.364. The van der Waals surface area contributed by atoms with Crippen molar-refractivity contribution in [2.75, 3.05) is 31.1 Å². The molecular weight excluding hydrogens is 404 g/mol. The standard InChI is InChI=1S/C22H23BrN2O2/c1-16(26)17-5-7-20(8-6-17)24-11-13-25(14-12-24)21(27)22(9-10-22)18-3-2-4-19(23)15-18/h2-8,15H,9-14H2,1H3. The predicted molar refractivity (Wildman–Crippen MR) is 110 cm³/mol. The van der Waals surface area contributed by atoms with Gasteiger partial charge in [0.05, 0.1) is 5.41 Å². The van der Waals surface area contributed by atoms with E-state index in [0.29, 0.717) is 0 Å². The van der Waals surface area contributed by atoms with Gasteiger partial charge in [-0.3, -0.25) is 9.59 Å². The lowest BCUT2D eigenvalue weighted by Crippen LogP contribution is -2.51. The zero-order valence-corrected chi connectivity index (χ0v) is 17.0. The number of piperazine rings is 1. The van der Waals surface area contributed by atoms with Crippen molar-refractivity contribution in [3.63, 3.8) is 0 Å². The van der Waals surface area contributed by atoms with Crippen LogP contribution in [0.3, 0.4) is 0 Å². The Morgan fingerprint density at radius 2 is 1.63 bits per heavy atom. The van der Waals surface area contributed by atoms with Gasteiger partial charge in [-0.2, -0.15) is 0 Å². The molecule has 0 bridgehead atoms. The fourth-order valence-corrected chi connectivity index (χ4v) is 4.31. The Labute approximate surface area is 168 Å². The maximum Gasteiger partial charge on any atom is 0.233 e. The quantitative estimate of drug-likeness (QED) is 0.692. The molecule has 2 aromatic rings. The lowest BCUT2D eigenvalue weighted by atomic mass is 9.94. The topological polar surface area (TPSA) is 40.6 Å². The number of benzene rings is 2. The smallest absolute Gasteiger partial charge is 0.233 e. The molecule has 1 aliphatic heterocycles. The second-order valence-electron chi connectivity index (χ2n) is 7.47. The van der Waals surface area contributed by atoms with E-state index in [4.69, 9.17) is 0 Å². The molecule has 0 aromatic heterocycles. The average Bonchev–Trinajstić information content (AvgIpc) is 3.50. The molecule has 1 heterocycles. The Morgan fingerprint density at radius 3 is 2.19 bits per heavy atom. The summed E-state index contributed by atoms with van der Waals surface area (Å²) in [7, 11) is 0. The van der Waals surface area contributed by atoms with Gasteiger partial charge in [0, 0.05) is 41.9 Å². The average molecular weight is 427 g/mol. The number of rotatable bonds is 4. The molecule has 0 atom stereocenters. The number of ketones is 1. The largest absolute Gasteiger partial charge is 0.368 e. The Morgan fingerprint density at radius 1 is 0.963 bits per heavy atom. The number of anilines is 1. The van der Waals surface area contributed by atoms with E-state index in [1.807, 2.05) is 41.3 Å². The summed E-state index contributed by atoms with van der Waals surface area (Å²) in [5.74, 6) is 0.353. The van der Waals surface area contributed by atoms with E-state index >= 15 is 0 Å². The number of carbonyl (C=O) groups is 2. The van der Waals surface area contributed by atoms with Crippen molar-refractivity contribution < 1.29 is 9.59 Å². The highest BCUT2D eigenvalue weighted by molar-refractivity contribution is 9.10. The molecule has 2 fully saturated rings. The second-order valence-corrected chi connectivity index (χ2v) is 8.39. The molecule has 1 saturated heterocycles. The van der Waals surface area contributed by atoms with Crippen LogP contribution in [0.1, 0.15) is 35.7 Å². The third-order valence-electron chi connectivity index (χ3n) is 5.74. The Balaban J connectivity index is 1.42. The molecule has 27 heavy (non-hydrogen) atoms. The highest BCUT2D eigenvalue weighted by Crippen LogP contribution is 2.50. The van der Waals surface area contributed by atoms with Gasteiger partial charge in [0.15, 0.2) is 5.78 Å². The van der Waals surface area contributed by atoms with E-state index in [1.54, 1.807) is 6.92 Å². The number of Topliss-reactive ketones (excluding diaryl/α,β-unsaturated/α-hetero) is 1. The number of hydrogen-bond acceptors (Lipinski definition) is 3. The highest BCUT2D eigenvalue weighted by atomic mass is 79.9. The van der Waals surface area contributed by atoms with Gasteiger partial charge in [0.2, 0.25) is 5.91 Å². The van der Waals surface area contributed by atoms with E-state index in [1.165, 1.54) is 0 Å². The molecule has 0 radical (unpaired) electrons. The van der Waals surface area contributed by atoms with Crippen molar-refractivity contribution in [3.05, 3.63) is 64.1 Å². The van der Waals surface area contributed by atoms with Crippen LogP contribution in [-0.2, 0) is 10.2 Å². The minimum absolute atomic E-state index is 0.0826. The first-order valence-electron chi connectivity index (χ1n) is 9.41. The third kappa shape index (κ3) is 3.53. The van der Waals surface area contributed by atoms with Crippen LogP contribution in [0.15, 0.2) is 53.0 Å². The molecule has 1 aliphatic carbocycles. The molecule has 4 rings (SSSR count). The highest BCUT2D eigenvalue weighted by Gasteiger charge is 2.53. The minimum atomic E-state index is -0.310. The lowest BCUT2D eigenvalue weighted by Gasteiger charge is -2.38. The lowest BCUT2D eigenvalue weighted by molar-refractivity contribution is -0.134. The predicted octanol–water partition coefficient (Wildman–Crippen LogP) is 4.03. The van der Waals surface area contributed by atoms with Gasteiger partial charge < -0.3 is 9.80 Å². The number of hydrogen-bond donors (Lipinski definition) is 0. The number of halogens is 1. The molecule has 0 unspecified atom stereocenters. The van der Waals surface area contributed by atoms with Gasteiger partial charge >= 0.3 is 0 Å². The van der Waals surface area contributed by atoms with Crippen molar-refractivity contribution in [1.29, 1.82) is 0 Å². The van der Waals surface area contributed by atoms with Crippen molar-refractivity contribution >= 4 is 33.3 Å². The maximum atomic E-state index is 13.2. The van der Waals surface area contributed by atoms with Crippen LogP contribution in [0.2, 0.25) is 0 Å². The fourth-order valence-electron chi connectivity index (χ4n) is 3.91. The van der Waals surface area contributed by atoms with Crippen LogP contribution in [0.4, 0.5) is 5.69 Å². The SMILES string of the molecule is CC(=O)c1ccc(N2CCN(C(=O)C3(c4cccc(Br)c4)CC3)CC2)cc1. The molecule has 1 saturated carbocycles. The second kappa shape index (κ2) is 7.12. The Hall–Kier alpha value is -2.14. The van der Waals surface area contributed by atoms with Crippen LogP contribution in [-0.4, -0.2) is 42.8 Å². The number of amides is 1. The molecular formula is C22H23BrN2O2. The Bertz CT molecular complexity index is 866. The van der Waals surface area contributed by atoms with Crippen molar-refractivity contribution in [1.82, 2.24) is 4.90 Å². The summed E-state index contributed by atoms with van der Waals surface area (Å²) >= 11 is 3.52. The normalized spacial score (nSPS) is 18.3. The van der Waals surface area contributed by atoms with E-state index in [2.05, 4.69) is 33.0 Å². The first-order chi connectivity index (χ1) is 13.0. The summed E-state index contributed by atoms with van der Waals surface area (Å²) in [6.45, 7) is 4.70. The van der Waals surface area contributed by atoms with E-state index in [0.717, 1.165) is 60.3 Å². The van der Waals surface area contributed by atoms with Gasteiger partial charge in [-0.1, -0.05) is 28.1 Å². The number of carbonyl (C=O) groups excluding carboxylic acids is 2. The van der Waals surface area contributed by atoms with E-state index in [-0.39, 0.29) is 17.1 Å². The zero-order chi connectivity index (χ0) is 19.0. The summed E-state index contributed by atoms with van der Waals surface area (Å²) in [6.07, 6.45) is 1.88. The first kappa shape index (κ1) is 18.2. The molecule has 5 heteroatoms. The molecule has 1 amide bonds. The summed E-state index contributed by atoms with van der Waals surface area (Å²) in [6, 6.07) is 15.9. The van der Waals surface area contributed by atoms with Crippen LogP contribution >= 0.6 is 15.9 Å². The molecule has 2 aliphatic rings.